The minimum Gasteiger partial charge on any atom is -0.481 e. The quantitative estimate of drug-likeness (QED) is 0.320. The summed E-state index contributed by atoms with van der Waals surface area (Å²) in [5, 5.41) is 0.374. The van der Waals surface area contributed by atoms with Gasteiger partial charge in [-0.2, -0.15) is 0 Å². The van der Waals surface area contributed by atoms with Crippen molar-refractivity contribution in [2.75, 3.05) is 13.2 Å². The normalized spacial score (nSPS) is 16.8. The Morgan fingerprint density at radius 1 is 1.14 bits per heavy atom. The van der Waals surface area contributed by atoms with E-state index >= 15 is 4.39 Å². The Kier molecular flexibility index (Phi) is 6.34. The topological polar surface area (TPSA) is 86.3 Å². The van der Waals surface area contributed by atoms with Gasteiger partial charge in [-0.15, -0.1) is 0 Å². The van der Waals surface area contributed by atoms with Gasteiger partial charge < -0.3 is 18.6 Å². The van der Waals surface area contributed by atoms with Crippen LogP contribution in [0.3, 0.4) is 0 Å². The van der Waals surface area contributed by atoms with Crippen molar-refractivity contribution in [1.82, 2.24) is 24.4 Å². The molecule has 37 heavy (non-hydrogen) atoms. The number of hydrogen-bond donors (Lipinski definition) is 0. The van der Waals surface area contributed by atoms with Crippen LogP contribution in [-0.2, 0) is 24.2 Å². The molecule has 1 aromatic carbocycles. The third kappa shape index (κ3) is 4.46. The van der Waals surface area contributed by atoms with Gasteiger partial charge in [0.05, 0.1) is 17.6 Å². The van der Waals surface area contributed by atoms with Gasteiger partial charge >= 0.3 is 0 Å². The first-order valence-electron chi connectivity index (χ1n) is 12.0. The van der Waals surface area contributed by atoms with Crippen molar-refractivity contribution in [2.45, 2.75) is 38.3 Å². The Labute approximate surface area is 222 Å². The molecule has 6 rings (SSSR count). The number of carbonyl (C=O) groups is 1. The lowest BCUT2D eigenvalue weighted by Crippen LogP contribution is -2.44. The van der Waals surface area contributed by atoms with Gasteiger partial charge in [-0.05, 0) is 37.1 Å². The molecule has 0 bridgehead atoms. The number of hydrogen-bond acceptors (Lipinski definition) is 6. The predicted octanol–water partition coefficient (Wildman–Crippen LogP) is 5.27. The number of aromatic nitrogens is 4. The second kappa shape index (κ2) is 9.79. The highest BCUT2D eigenvalue weighted by atomic mass is 35.5. The summed E-state index contributed by atoms with van der Waals surface area (Å²) in [6.45, 7) is 0.884. The minimum atomic E-state index is -0.641. The van der Waals surface area contributed by atoms with Crippen molar-refractivity contribution in [3.8, 4) is 17.3 Å². The van der Waals surface area contributed by atoms with Crippen LogP contribution in [-0.4, -0.2) is 43.5 Å². The van der Waals surface area contributed by atoms with Crippen molar-refractivity contribution >= 4 is 29.1 Å². The Hall–Kier alpha value is -3.43. The number of oxazole rings is 1. The molecular formula is C26H22Cl2FN5O3. The van der Waals surface area contributed by atoms with Crippen LogP contribution in [0.15, 0.2) is 47.2 Å². The zero-order valence-electron chi connectivity index (χ0n) is 19.7. The third-order valence-corrected chi connectivity index (χ3v) is 7.25. The molecule has 8 nitrogen and oxygen atoms in total. The number of nitrogens with zero attached hydrogens (tertiary/aromatic N) is 5. The number of aryl methyl sites for hydroxylation is 1. The second-order valence-electron chi connectivity index (χ2n) is 8.99. The molecule has 4 aromatic rings. The average molecular weight is 542 g/mol. The molecule has 0 N–H and O–H groups in total. The fraction of sp³-hybridized carbons (Fsp3) is 0.308. The predicted molar refractivity (Wildman–Crippen MR) is 134 cm³/mol. The maximum atomic E-state index is 15.2. The molecule has 1 unspecified atom stereocenters. The summed E-state index contributed by atoms with van der Waals surface area (Å²) in [7, 11) is 0. The summed E-state index contributed by atoms with van der Waals surface area (Å²) in [5.41, 5.74) is 2.60. The second-order valence-corrected chi connectivity index (χ2v) is 9.78. The fourth-order valence-corrected chi connectivity index (χ4v) is 5.45. The Bertz CT molecular complexity index is 1470. The Morgan fingerprint density at radius 3 is 2.81 bits per heavy atom. The van der Waals surface area contributed by atoms with Crippen molar-refractivity contribution in [3.05, 3.63) is 81.6 Å². The maximum absolute atomic E-state index is 15.2. The smallest absolute Gasteiger partial charge is 0.261 e. The van der Waals surface area contributed by atoms with Crippen LogP contribution >= 0.6 is 23.2 Å². The largest absolute Gasteiger partial charge is 0.481 e. The molecule has 2 aliphatic rings. The minimum absolute atomic E-state index is 0.0783. The lowest BCUT2D eigenvalue weighted by molar-refractivity contribution is -0.135. The van der Waals surface area contributed by atoms with Gasteiger partial charge in [0.25, 0.3) is 5.91 Å². The van der Waals surface area contributed by atoms with Crippen LogP contribution in [0.4, 0.5) is 4.39 Å². The highest BCUT2D eigenvalue weighted by Gasteiger charge is 2.38. The highest BCUT2D eigenvalue weighted by Crippen LogP contribution is 2.39. The fourth-order valence-electron chi connectivity index (χ4n) is 5.08. The molecule has 0 fully saturated rings. The molecule has 5 heterocycles. The van der Waals surface area contributed by atoms with Crippen LogP contribution in [0.25, 0.3) is 11.6 Å². The molecule has 0 saturated heterocycles. The first-order chi connectivity index (χ1) is 18.0. The van der Waals surface area contributed by atoms with E-state index in [4.69, 9.17) is 37.3 Å². The van der Waals surface area contributed by atoms with Crippen LogP contribution in [0.5, 0.6) is 5.75 Å². The van der Waals surface area contributed by atoms with Gasteiger partial charge in [0.1, 0.15) is 29.6 Å². The van der Waals surface area contributed by atoms with Gasteiger partial charge in [0, 0.05) is 36.5 Å². The maximum Gasteiger partial charge on any atom is 0.261 e. The number of pyridine rings is 1. The van der Waals surface area contributed by atoms with Crippen molar-refractivity contribution < 1.29 is 18.3 Å². The van der Waals surface area contributed by atoms with Crippen LogP contribution < -0.4 is 4.74 Å². The lowest BCUT2D eigenvalue weighted by atomic mass is 9.94. The molecule has 11 heteroatoms. The molecule has 3 aromatic heterocycles. The van der Waals surface area contributed by atoms with Gasteiger partial charge in [0.15, 0.2) is 17.5 Å². The molecule has 0 aliphatic carbocycles. The van der Waals surface area contributed by atoms with E-state index in [2.05, 4.69) is 14.5 Å². The molecule has 0 saturated carbocycles. The van der Waals surface area contributed by atoms with Gasteiger partial charge in [-0.1, -0.05) is 29.3 Å². The number of fused-ring (bicyclic) bond motifs is 3. The van der Waals surface area contributed by atoms with E-state index in [9.17, 15) is 4.79 Å². The first kappa shape index (κ1) is 23.9. The summed E-state index contributed by atoms with van der Waals surface area (Å²) in [6.07, 6.45) is 6.48. The molecule has 1 amide bonds. The third-order valence-electron chi connectivity index (χ3n) is 6.75. The van der Waals surface area contributed by atoms with Crippen LogP contribution in [0, 0.1) is 5.82 Å². The number of carbonyl (C=O) groups excluding carboxylic acids is 1. The van der Waals surface area contributed by atoms with Crippen LogP contribution in [0.2, 0.25) is 10.2 Å². The van der Waals surface area contributed by atoms with Crippen molar-refractivity contribution in [1.29, 1.82) is 0 Å². The lowest BCUT2D eigenvalue weighted by Gasteiger charge is -2.37. The molecular weight excluding hydrogens is 520 g/mol. The SMILES string of the molecule is O=C(COc1ccc(-c2ncco2)nc1Cl)N1CCc2nc3n(c2C1c1ccc(Cl)cc1F)CCCC3. The van der Waals surface area contributed by atoms with E-state index in [0.717, 1.165) is 43.0 Å². The van der Waals surface area contributed by atoms with Crippen LogP contribution in [0.1, 0.15) is 41.7 Å². The molecule has 1 atom stereocenters. The summed E-state index contributed by atoms with van der Waals surface area (Å²) < 4.78 is 28.4. The van der Waals surface area contributed by atoms with Crippen molar-refractivity contribution in [2.24, 2.45) is 0 Å². The number of imidazole rings is 1. The average Bonchev–Trinajstić information content (AvgIpc) is 3.56. The summed E-state index contributed by atoms with van der Waals surface area (Å²) >= 11 is 12.3. The number of benzene rings is 1. The first-order valence-corrected chi connectivity index (χ1v) is 12.8. The van der Waals surface area contributed by atoms with Gasteiger partial charge in [-0.25, -0.2) is 19.3 Å². The Balaban J connectivity index is 1.29. The van der Waals surface area contributed by atoms with E-state index in [-0.39, 0.29) is 23.4 Å². The van der Waals surface area contributed by atoms with Gasteiger partial charge in [0.2, 0.25) is 5.89 Å². The summed E-state index contributed by atoms with van der Waals surface area (Å²) in [5.74, 6) is 0.795. The Morgan fingerprint density at radius 2 is 2.03 bits per heavy atom. The van der Waals surface area contributed by atoms with E-state index in [1.54, 1.807) is 29.2 Å². The van der Waals surface area contributed by atoms with E-state index in [1.807, 2.05) is 0 Å². The highest BCUT2D eigenvalue weighted by molar-refractivity contribution is 6.31. The molecule has 0 radical (unpaired) electrons. The number of amides is 1. The molecule has 190 valence electrons. The molecule has 2 aliphatic heterocycles. The summed E-state index contributed by atoms with van der Waals surface area (Å²) in [4.78, 5) is 28.3. The van der Waals surface area contributed by atoms with Gasteiger partial charge in [-0.3, -0.25) is 4.79 Å². The number of rotatable bonds is 5. The number of ether oxygens (including phenoxy) is 1. The zero-order valence-corrected chi connectivity index (χ0v) is 21.2. The number of halogens is 3. The molecule has 0 spiro atoms. The standard InChI is InChI=1S/C26H22Cl2FN5O3/c27-15-4-5-16(17(29)13-15)23-24-18(31-21-3-1-2-10-33(21)24)8-11-34(23)22(35)14-37-20-7-6-19(32-25(20)28)26-30-9-12-36-26/h4-7,9,12-13,23H,1-3,8,10-11,14H2. The van der Waals surface area contributed by atoms with Crippen molar-refractivity contribution in [3.63, 3.8) is 0 Å². The summed E-state index contributed by atoms with van der Waals surface area (Å²) in [6, 6.07) is 7.18. The van der Waals surface area contributed by atoms with E-state index in [0.29, 0.717) is 35.1 Å². The monoisotopic (exact) mass is 541 g/mol. The van der Waals surface area contributed by atoms with E-state index < -0.39 is 11.9 Å². The zero-order chi connectivity index (χ0) is 25.5. The van der Waals surface area contributed by atoms with E-state index in [1.165, 1.54) is 18.5 Å².